The van der Waals surface area contributed by atoms with Gasteiger partial charge in [-0.3, -0.25) is 14.4 Å². The summed E-state index contributed by atoms with van der Waals surface area (Å²) in [6, 6.07) is 16.2. The molecule has 0 spiro atoms. The number of carbonyl (C=O) groups is 2. The van der Waals surface area contributed by atoms with Gasteiger partial charge in [-0.05, 0) is 60.3 Å². The van der Waals surface area contributed by atoms with Gasteiger partial charge in [-0.1, -0.05) is 12.1 Å². The first kappa shape index (κ1) is 22.8. The molecule has 4 aromatic rings. The van der Waals surface area contributed by atoms with Crippen molar-refractivity contribution in [1.82, 2.24) is 14.5 Å². The zero-order valence-corrected chi connectivity index (χ0v) is 20.0. The highest BCUT2D eigenvalue weighted by molar-refractivity contribution is 7.17. The average Bonchev–Trinajstić information content (AvgIpc) is 3.34. The Balaban J connectivity index is 1.22. The third-order valence-corrected chi connectivity index (χ3v) is 7.23. The number of fused-ring (bicyclic) bond motifs is 1. The lowest BCUT2D eigenvalue weighted by Crippen LogP contribution is -2.49. The lowest BCUT2D eigenvalue weighted by molar-refractivity contribution is -0.130. The van der Waals surface area contributed by atoms with E-state index in [2.05, 4.69) is 9.88 Å². The Morgan fingerprint density at radius 3 is 2.20 bits per heavy atom. The Kier molecular flexibility index (Phi) is 6.08. The minimum absolute atomic E-state index is 0.0411. The van der Waals surface area contributed by atoms with Crippen LogP contribution < -0.4 is 16.1 Å². The highest BCUT2D eigenvalue weighted by Crippen LogP contribution is 2.19. The summed E-state index contributed by atoms with van der Waals surface area (Å²) in [4.78, 5) is 56.3. The summed E-state index contributed by atoms with van der Waals surface area (Å²) >= 11 is 1.29. The number of ketones is 1. The van der Waals surface area contributed by atoms with Gasteiger partial charge >= 0.3 is 5.69 Å². The number of rotatable bonds is 5. The molecule has 3 heterocycles. The minimum Gasteiger partial charge on any atom is -0.368 e. The summed E-state index contributed by atoms with van der Waals surface area (Å²) < 4.78 is 1.62. The molecule has 1 amide bonds. The molecule has 2 aromatic carbocycles. The van der Waals surface area contributed by atoms with Crippen molar-refractivity contribution in [3.05, 3.63) is 91.9 Å². The summed E-state index contributed by atoms with van der Waals surface area (Å²) in [5, 5.41) is 1.77. The maximum absolute atomic E-state index is 12.9. The first-order chi connectivity index (χ1) is 16.9. The third kappa shape index (κ3) is 4.54. The smallest absolute Gasteiger partial charge is 0.333 e. The van der Waals surface area contributed by atoms with E-state index in [1.54, 1.807) is 42.6 Å². The van der Waals surface area contributed by atoms with Gasteiger partial charge in [0.25, 0.3) is 5.56 Å². The number of nitrogens with zero attached hydrogens (tertiary/aromatic N) is 3. The van der Waals surface area contributed by atoms with Crippen LogP contribution in [0.3, 0.4) is 0 Å². The molecule has 178 valence electrons. The molecule has 5 rings (SSSR count). The number of benzene rings is 2. The second-order valence-electron chi connectivity index (χ2n) is 8.55. The van der Waals surface area contributed by atoms with Gasteiger partial charge in [0.05, 0.1) is 17.6 Å². The molecule has 1 fully saturated rings. The molecule has 1 saturated heterocycles. The number of Topliss-reactive ketones (excluding diaryl/α,β-unsaturated/α-hetero) is 1. The number of carbonyl (C=O) groups excluding carboxylic acids is 2. The number of piperazine rings is 1. The fourth-order valence-electron chi connectivity index (χ4n) is 4.34. The maximum Gasteiger partial charge on any atom is 0.333 e. The molecule has 2 aromatic heterocycles. The van der Waals surface area contributed by atoms with Gasteiger partial charge in [-0.25, -0.2) is 9.36 Å². The summed E-state index contributed by atoms with van der Waals surface area (Å²) in [6.45, 7) is 4.24. The lowest BCUT2D eigenvalue weighted by atomic mass is 10.1. The molecular formula is C26H24N4O4S. The normalized spacial score (nSPS) is 13.9. The number of thiophene rings is 1. The van der Waals surface area contributed by atoms with Crippen molar-refractivity contribution in [3.63, 3.8) is 0 Å². The standard InChI is InChI=1S/C26H24N4O4S/c1-17(31)19-4-8-20(9-5-19)28-11-13-29(14-12-28)23(32)16-18-2-6-21(7-3-18)30-25(33)24-22(10-15-35-24)27-26(30)34/h2-10,15H,11-14,16H2,1H3,(H,27,34). The topological polar surface area (TPSA) is 95.5 Å². The van der Waals surface area contributed by atoms with Crippen LogP contribution in [0, 0.1) is 0 Å². The average molecular weight is 489 g/mol. The first-order valence-corrected chi connectivity index (χ1v) is 12.2. The van der Waals surface area contributed by atoms with Crippen LogP contribution in [0.1, 0.15) is 22.8 Å². The molecule has 0 aliphatic carbocycles. The second kappa shape index (κ2) is 9.34. The van der Waals surface area contributed by atoms with Crippen molar-refractivity contribution in [2.45, 2.75) is 13.3 Å². The lowest BCUT2D eigenvalue weighted by Gasteiger charge is -2.36. The highest BCUT2D eigenvalue weighted by Gasteiger charge is 2.21. The zero-order chi connectivity index (χ0) is 24.5. The zero-order valence-electron chi connectivity index (χ0n) is 19.2. The summed E-state index contributed by atoms with van der Waals surface area (Å²) in [5.74, 6) is 0.0850. The Morgan fingerprint density at radius 2 is 1.54 bits per heavy atom. The van der Waals surface area contributed by atoms with E-state index >= 15 is 0 Å². The van der Waals surface area contributed by atoms with Gasteiger partial charge < -0.3 is 14.8 Å². The van der Waals surface area contributed by atoms with Crippen molar-refractivity contribution in [2.75, 3.05) is 31.1 Å². The number of hydrogen-bond donors (Lipinski definition) is 1. The Morgan fingerprint density at radius 1 is 0.886 bits per heavy atom. The van der Waals surface area contributed by atoms with Gasteiger partial charge in [0.15, 0.2) is 5.78 Å². The molecule has 0 bridgehead atoms. The molecule has 0 radical (unpaired) electrons. The number of aromatic amines is 1. The number of hydrogen-bond acceptors (Lipinski definition) is 6. The van der Waals surface area contributed by atoms with Crippen molar-refractivity contribution < 1.29 is 9.59 Å². The predicted octanol–water partition coefficient (Wildman–Crippen LogP) is 2.83. The van der Waals surface area contributed by atoms with Gasteiger partial charge in [0.1, 0.15) is 4.70 Å². The van der Waals surface area contributed by atoms with Crippen molar-refractivity contribution >= 4 is 38.9 Å². The van der Waals surface area contributed by atoms with Gasteiger partial charge in [0.2, 0.25) is 5.91 Å². The van der Waals surface area contributed by atoms with E-state index in [-0.39, 0.29) is 23.7 Å². The predicted molar refractivity (Wildman–Crippen MR) is 137 cm³/mol. The van der Waals surface area contributed by atoms with Crippen LogP contribution in [0.15, 0.2) is 69.6 Å². The van der Waals surface area contributed by atoms with E-state index in [1.165, 1.54) is 11.3 Å². The quantitative estimate of drug-likeness (QED) is 0.436. The Hall–Kier alpha value is -3.98. The van der Waals surface area contributed by atoms with Crippen LogP contribution >= 0.6 is 11.3 Å². The number of H-pyrrole nitrogens is 1. The van der Waals surface area contributed by atoms with E-state index in [1.807, 2.05) is 29.2 Å². The molecule has 0 saturated carbocycles. The SMILES string of the molecule is CC(=O)c1ccc(N2CCN(C(=O)Cc3ccc(-n4c(=O)[nH]c5ccsc5c4=O)cc3)CC2)cc1. The highest BCUT2D eigenvalue weighted by atomic mass is 32.1. The van der Waals surface area contributed by atoms with Crippen molar-refractivity contribution in [1.29, 1.82) is 0 Å². The van der Waals surface area contributed by atoms with E-state index in [0.29, 0.717) is 34.6 Å². The van der Waals surface area contributed by atoms with Gasteiger partial charge in [-0.2, -0.15) is 0 Å². The third-order valence-electron chi connectivity index (χ3n) is 6.33. The van der Waals surface area contributed by atoms with Gasteiger partial charge in [-0.15, -0.1) is 11.3 Å². The monoisotopic (exact) mass is 488 g/mol. The van der Waals surface area contributed by atoms with Crippen LogP contribution in [-0.4, -0.2) is 52.3 Å². The van der Waals surface area contributed by atoms with E-state index < -0.39 is 5.69 Å². The van der Waals surface area contributed by atoms with E-state index in [9.17, 15) is 19.2 Å². The molecular weight excluding hydrogens is 464 g/mol. The molecule has 1 N–H and O–H groups in total. The fourth-order valence-corrected chi connectivity index (χ4v) is 5.12. The van der Waals surface area contributed by atoms with E-state index in [4.69, 9.17) is 0 Å². The number of aromatic nitrogens is 2. The number of nitrogens with one attached hydrogen (secondary N) is 1. The molecule has 0 atom stereocenters. The minimum atomic E-state index is -0.487. The number of amides is 1. The summed E-state index contributed by atoms with van der Waals surface area (Å²) in [7, 11) is 0. The van der Waals surface area contributed by atoms with Crippen LogP contribution in [-0.2, 0) is 11.2 Å². The second-order valence-corrected chi connectivity index (χ2v) is 9.46. The molecule has 1 aliphatic heterocycles. The van der Waals surface area contributed by atoms with Crippen LogP contribution in [0.2, 0.25) is 0 Å². The molecule has 1 aliphatic rings. The summed E-state index contributed by atoms with van der Waals surface area (Å²) in [5.41, 5.74) is 2.72. The summed E-state index contributed by atoms with van der Waals surface area (Å²) in [6.07, 6.45) is 0.253. The van der Waals surface area contributed by atoms with Crippen LogP contribution in [0.25, 0.3) is 15.9 Å². The molecule has 9 heteroatoms. The first-order valence-electron chi connectivity index (χ1n) is 11.4. The van der Waals surface area contributed by atoms with Crippen LogP contribution in [0.5, 0.6) is 0 Å². The Bertz CT molecular complexity index is 1510. The van der Waals surface area contributed by atoms with Crippen LogP contribution in [0.4, 0.5) is 5.69 Å². The fraction of sp³-hybridized carbons (Fsp3) is 0.231. The Labute approximate surface area is 205 Å². The maximum atomic E-state index is 12.9. The number of anilines is 1. The van der Waals surface area contributed by atoms with Gasteiger partial charge in [0, 0.05) is 37.4 Å². The van der Waals surface area contributed by atoms with Crippen molar-refractivity contribution in [3.8, 4) is 5.69 Å². The largest absolute Gasteiger partial charge is 0.368 e. The molecule has 8 nitrogen and oxygen atoms in total. The molecule has 0 unspecified atom stereocenters. The van der Waals surface area contributed by atoms with E-state index in [0.717, 1.165) is 28.9 Å². The van der Waals surface area contributed by atoms with Crippen molar-refractivity contribution in [2.24, 2.45) is 0 Å². The molecule has 35 heavy (non-hydrogen) atoms.